The van der Waals surface area contributed by atoms with Crippen molar-refractivity contribution in [3.8, 4) is 0 Å². The van der Waals surface area contributed by atoms with Crippen LogP contribution < -0.4 is 5.73 Å². The van der Waals surface area contributed by atoms with Gasteiger partial charge in [-0.2, -0.15) is 0 Å². The Balaban J connectivity index is 2.15. The first-order chi connectivity index (χ1) is 8.70. The summed E-state index contributed by atoms with van der Waals surface area (Å²) >= 11 is 1.88. The lowest BCUT2D eigenvalue weighted by atomic mass is 10.1. The van der Waals surface area contributed by atoms with Crippen LogP contribution in [0.15, 0.2) is 47.4 Å². The summed E-state index contributed by atoms with van der Waals surface area (Å²) in [6.07, 6.45) is 0. The van der Waals surface area contributed by atoms with E-state index in [2.05, 4.69) is 56.3 Å². The van der Waals surface area contributed by atoms with Crippen LogP contribution in [0, 0.1) is 13.8 Å². The van der Waals surface area contributed by atoms with Crippen LogP contribution >= 0.6 is 11.8 Å². The minimum Gasteiger partial charge on any atom is -0.326 e. The van der Waals surface area contributed by atoms with Crippen molar-refractivity contribution in [2.45, 2.75) is 31.0 Å². The molecule has 0 aliphatic heterocycles. The first kappa shape index (κ1) is 13.2. The fourth-order valence-corrected chi connectivity index (χ4v) is 3.16. The van der Waals surface area contributed by atoms with E-state index in [0.29, 0.717) is 6.54 Å². The molecular weight excluding hydrogens is 238 g/mol. The van der Waals surface area contributed by atoms with Gasteiger partial charge < -0.3 is 5.73 Å². The van der Waals surface area contributed by atoms with Gasteiger partial charge in [0.05, 0.1) is 0 Å². The van der Waals surface area contributed by atoms with Gasteiger partial charge in [-0.1, -0.05) is 48.0 Å². The maximum Gasteiger partial charge on any atom is 0.0232 e. The Kier molecular flexibility index (Phi) is 4.45. The molecule has 0 radical (unpaired) electrons. The summed E-state index contributed by atoms with van der Waals surface area (Å²) < 4.78 is 0. The van der Waals surface area contributed by atoms with Gasteiger partial charge in [-0.05, 0) is 30.5 Å². The van der Waals surface area contributed by atoms with Crippen molar-refractivity contribution in [2.24, 2.45) is 5.73 Å². The lowest BCUT2D eigenvalue weighted by Gasteiger charge is -2.11. The molecule has 0 heterocycles. The summed E-state index contributed by atoms with van der Waals surface area (Å²) in [4.78, 5) is 1.33. The van der Waals surface area contributed by atoms with E-state index in [-0.39, 0.29) is 0 Å². The summed E-state index contributed by atoms with van der Waals surface area (Å²) in [5.41, 5.74) is 11.0. The minimum atomic E-state index is 0.609. The number of hydrogen-bond donors (Lipinski definition) is 1. The van der Waals surface area contributed by atoms with Crippen molar-refractivity contribution in [1.82, 2.24) is 0 Å². The van der Waals surface area contributed by atoms with Gasteiger partial charge in [0.1, 0.15) is 0 Å². The van der Waals surface area contributed by atoms with Crippen molar-refractivity contribution in [2.75, 3.05) is 0 Å². The van der Waals surface area contributed by atoms with Crippen LogP contribution in [0.5, 0.6) is 0 Å². The highest BCUT2D eigenvalue weighted by molar-refractivity contribution is 7.98. The SMILES string of the molecule is Cc1cccc(CSc2c(C)cccc2CN)c1. The van der Waals surface area contributed by atoms with Gasteiger partial charge in [-0.25, -0.2) is 0 Å². The van der Waals surface area contributed by atoms with Crippen LogP contribution in [-0.2, 0) is 12.3 Å². The molecule has 94 valence electrons. The molecule has 18 heavy (non-hydrogen) atoms. The Morgan fingerprint density at radius 3 is 2.56 bits per heavy atom. The standard InChI is InChI=1S/C16H19NS/c1-12-5-3-7-14(9-12)11-18-16-13(2)6-4-8-15(16)10-17/h3-9H,10-11,17H2,1-2H3. The van der Waals surface area contributed by atoms with Gasteiger partial charge in [-0.15, -0.1) is 11.8 Å². The zero-order valence-corrected chi connectivity index (χ0v) is 11.8. The van der Waals surface area contributed by atoms with Crippen molar-refractivity contribution >= 4 is 11.8 Å². The van der Waals surface area contributed by atoms with Gasteiger partial charge in [0.15, 0.2) is 0 Å². The van der Waals surface area contributed by atoms with Crippen LogP contribution in [-0.4, -0.2) is 0 Å². The molecule has 2 aromatic rings. The second-order valence-electron chi connectivity index (χ2n) is 4.55. The maximum atomic E-state index is 5.80. The van der Waals surface area contributed by atoms with Crippen LogP contribution in [0.25, 0.3) is 0 Å². The fraction of sp³-hybridized carbons (Fsp3) is 0.250. The van der Waals surface area contributed by atoms with E-state index in [1.165, 1.54) is 27.1 Å². The first-order valence-corrected chi connectivity index (χ1v) is 7.16. The highest BCUT2D eigenvalue weighted by Gasteiger charge is 2.05. The lowest BCUT2D eigenvalue weighted by Crippen LogP contribution is -1.99. The summed E-state index contributed by atoms with van der Waals surface area (Å²) in [5.74, 6) is 1.000. The molecule has 0 saturated carbocycles. The molecule has 0 spiro atoms. The predicted molar refractivity (Wildman–Crippen MR) is 79.8 cm³/mol. The van der Waals surface area contributed by atoms with E-state index in [9.17, 15) is 0 Å². The van der Waals surface area contributed by atoms with Gasteiger partial charge in [0.2, 0.25) is 0 Å². The number of rotatable bonds is 4. The molecule has 0 fully saturated rings. The van der Waals surface area contributed by atoms with Gasteiger partial charge in [0, 0.05) is 17.2 Å². The quantitative estimate of drug-likeness (QED) is 0.836. The van der Waals surface area contributed by atoms with Crippen molar-refractivity contribution < 1.29 is 0 Å². The maximum absolute atomic E-state index is 5.80. The van der Waals surface area contributed by atoms with E-state index < -0.39 is 0 Å². The van der Waals surface area contributed by atoms with E-state index in [0.717, 1.165) is 5.75 Å². The Bertz CT molecular complexity index is 534. The molecule has 0 unspecified atom stereocenters. The molecule has 0 aliphatic rings. The molecule has 0 aromatic heterocycles. The van der Waals surface area contributed by atoms with E-state index in [4.69, 9.17) is 5.73 Å². The largest absolute Gasteiger partial charge is 0.326 e. The summed E-state index contributed by atoms with van der Waals surface area (Å²) in [6, 6.07) is 15.0. The molecule has 0 bridgehead atoms. The monoisotopic (exact) mass is 257 g/mol. The Labute approximate surface area is 113 Å². The van der Waals surface area contributed by atoms with Crippen LogP contribution in [0.3, 0.4) is 0 Å². The van der Waals surface area contributed by atoms with Crippen molar-refractivity contribution in [3.63, 3.8) is 0 Å². The number of benzene rings is 2. The first-order valence-electron chi connectivity index (χ1n) is 6.17. The molecule has 0 amide bonds. The molecule has 2 rings (SSSR count). The van der Waals surface area contributed by atoms with E-state index in [1.54, 1.807) is 0 Å². The van der Waals surface area contributed by atoms with Gasteiger partial charge >= 0.3 is 0 Å². The highest BCUT2D eigenvalue weighted by Crippen LogP contribution is 2.29. The van der Waals surface area contributed by atoms with E-state index >= 15 is 0 Å². The Morgan fingerprint density at radius 1 is 1.06 bits per heavy atom. The molecule has 2 heteroatoms. The van der Waals surface area contributed by atoms with E-state index in [1.807, 2.05) is 11.8 Å². The summed E-state index contributed by atoms with van der Waals surface area (Å²) in [5, 5.41) is 0. The van der Waals surface area contributed by atoms with Crippen molar-refractivity contribution in [3.05, 3.63) is 64.7 Å². The molecule has 2 N–H and O–H groups in total. The summed E-state index contributed by atoms with van der Waals surface area (Å²) in [6.45, 7) is 4.89. The Hall–Kier alpha value is -1.25. The second kappa shape index (κ2) is 6.07. The topological polar surface area (TPSA) is 26.0 Å². The van der Waals surface area contributed by atoms with Crippen LogP contribution in [0.4, 0.5) is 0 Å². The molecule has 0 atom stereocenters. The van der Waals surface area contributed by atoms with Crippen LogP contribution in [0.2, 0.25) is 0 Å². The molecule has 0 saturated heterocycles. The number of thioether (sulfide) groups is 1. The number of nitrogens with two attached hydrogens (primary N) is 1. The predicted octanol–water partition coefficient (Wildman–Crippen LogP) is 4.05. The zero-order valence-electron chi connectivity index (χ0n) is 10.9. The van der Waals surface area contributed by atoms with Gasteiger partial charge in [0.25, 0.3) is 0 Å². The third-order valence-corrected chi connectivity index (χ3v) is 4.33. The smallest absolute Gasteiger partial charge is 0.0232 e. The van der Waals surface area contributed by atoms with Gasteiger partial charge in [-0.3, -0.25) is 0 Å². The third-order valence-electron chi connectivity index (χ3n) is 2.98. The zero-order chi connectivity index (χ0) is 13.0. The molecular formula is C16H19NS. The number of hydrogen-bond acceptors (Lipinski definition) is 2. The molecule has 1 nitrogen and oxygen atoms in total. The number of aryl methyl sites for hydroxylation is 2. The average molecular weight is 257 g/mol. The molecule has 2 aromatic carbocycles. The van der Waals surface area contributed by atoms with Crippen LogP contribution in [0.1, 0.15) is 22.3 Å². The minimum absolute atomic E-state index is 0.609. The highest BCUT2D eigenvalue weighted by atomic mass is 32.2. The average Bonchev–Trinajstić information content (AvgIpc) is 2.37. The third kappa shape index (κ3) is 3.15. The van der Waals surface area contributed by atoms with Crippen molar-refractivity contribution in [1.29, 1.82) is 0 Å². The molecule has 0 aliphatic carbocycles. The second-order valence-corrected chi connectivity index (χ2v) is 5.53. The Morgan fingerprint density at radius 2 is 1.83 bits per heavy atom. The fourth-order valence-electron chi connectivity index (χ4n) is 2.04. The normalized spacial score (nSPS) is 10.6. The summed E-state index contributed by atoms with van der Waals surface area (Å²) in [7, 11) is 0. The lowest BCUT2D eigenvalue weighted by molar-refractivity contribution is 1.01.